The summed E-state index contributed by atoms with van der Waals surface area (Å²) in [4.78, 5) is 0.452. The van der Waals surface area contributed by atoms with Crippen LogP contribution in [0, 0.1) is 0 Å². The fourth-order valence-electron chi connectivity index (χ4n) is 2.01. The zero-order valence-electron chi connectivity index (χ0n) is 11.0. The van der Waals surface area contributed by atoms with Gasteiger partial charge in [-0.15, -0.1) is 11.6 Å². The van der Waals surface area contributed by atoms with Crippen molar-refractivity contribution in [3.05, 3.63) is 29.8 Å². The van der Waals surface area contributed by atoms with Crippen molar-refractivity contribution in [2.45, 2.75) is 49.8 Å². The van der Waals surface area contributed by atoms with E-state index in [9.17, 15) is 8.42 Å². The molecule has 0 aliphatic heterocycles. The Kier molecular flexibility index (Phi) is 6.16. The summed E-state index contributed by atoms with van der Waals surface area (Å²) in [6.07, 6.45) is 3.17. The van der Waals surface area contributed by atoms with Gasteiger partial charge in [0.05, 0.1) is 10.6 Å². The van der Waals surface area contributed by atoms with E-state index in [0.29, 0.717) is 17.7 Å². The number of hydrogen-bond donors (Lipinski definition) is 0. The van der Waals surface area contributed by atoms with Crippen LogP contribution >= 0.6 is 11.6 Å². The molecule has 0 radical (unpaired) electrons. The minimum atomic E-state index is -3.16. The van der Waals surface area contributed by atoms with Gasteiger partial charge in [-0.3, -0.25) is 0 Å². The van der Waals surface area contributed by atoms with E-state index in [1.54, 1.807) is 12.1 Å². The van der Waals surface area contributed by atoms with E-state index in [4.69, 9.17) is 11.6 Å². The maximum atomic E-state index is 12.1. The Labute approximate surface area is 115 Å². The van der Waals surface area contributed by atoms with E-state index in [1.807, 2.05) is 19.1 Å². The van der Waals surface area contributed by atoms with Gasteiger partial charge >= 0.3 is 0 Å². The number of halogens is 1. The lowest BCUT2D eigenvalue weighted by Crippen LogP contribution is -2.12. The van der Waals surface area contributed by atoms with Gasteiger partial charge in [-0.05, 0) is 30.9 Å². The normalized spacial score (nSPS) is 13.5. The lowest BCUT2D eigenvalue weighted by Gasteiger charge is -2.13. The average molecular weight is 289 g/mol. The highest BCUT2D eigenvalue weighted by molar-refractivity contribution is 7.91. The van der Waals surface area contributed by atoms with Crippen LogP contribution in [-0.4, -0.2) is 19.5 Å². The minimum Gasteiger partial charge on any atom is -0.224 e. The van der Waals surface area contributed by atoms with Crippen molar-refractivity contribution >= 4 is 21.4 Å². The Morgan fingerprint density at radius 2 is 1.83 bits per heavy atom. The summed E-state index contributed by atoms with van der Waals surface area (Å²) in [7, 11) is -3.16. The number of benzene rings is 1. The van der Waals surface area contributed by atoms with E-state index in [1.165, 1.54) is 0 Å². The largest absolute Gasteiger partial charge is 0.224 e. The van der Waals surface area contributed by atoms with Crippen LogP contribution in [-0.2, 0) is 16.3 Å². The fourth-order valence-corrected chi connectivity index (χ4v) is 3.99. The molecule has 0 N–H and O–H groups in total. The first kappa shape index (κ1) is 15.5. The molecule has 18 heavy (non-hydrogen) atoms. The zero-order chi connectivity index (χ0) is 13.6. The van der Waals surface area contributed by atoms with Crippen molar-refractivity contribution in [2.24, 2.45) is 0 Å². The third-order valence-corrected chi connectivity index (χ3v) is 5.21. The summed E-state index contributed by atoms with van der Waals surface area (Å²) in [5.41, 5.74) is 0.847. The standard InChI is InChI=1S/C14H21ClO2S/c1-3-7-13(15)11-12-8-5-6-9-14(12)18(16,17)10-4-2/h5-6,8-9,13H,3-4,7,10-11H2,1-2H3. The molecule has 4 heteroatoms. The van der Waals surface area contributed by atoms with Crippen LogP contribution < -0.4 is 0 Å². The second-order valence-electron chi connectivity index (χ2n) is 4.52. The summed E-state index contributed by atoms with van der Waals surface area (Å²) in [6.45, 7) is 3.96. The van der Waals surface area contributed by atoms with Crippen molar-refractivity contribution in [1.29, 1.82) is 0 Å². The molecular formula is C14H21ClO2S. The fraction of sp³-hybridized carbons (Fsp3) is 0.571. The Hall–Kier alpha value is -0.540. The van der Waals surface area contributed by atoms with Crippen LogP contribution in [0.3, 0.4) is 0 Å². The molecule has 0 heterocycles. The predicted octanol–water partition coefficient (Wildman–Crippen LogP) is 3.82. The van der Waals surface area contributed by atoms with Gasteiger partial charge in [0.15, 0.2) is 9.84 Å². The lowest BCUT2D eigenvalue weighted by atomic mass is 10.1. The molecule has 1 rings (SSSR count). The first-order chi connectivity index (χ1) is 8.51. The summed E-state index contributed by atoms with van der Waals surface area (Å²) in [5, 5.41) is 0.00739. The van der Waals surface area contributed by atoms with E-state index >= 15 is 0 Å². The monoisotopic (exact) mass is 288 g/mol. The van der Waals surface area contributed by atoms with Gasteiger partial charge in [-0.25, -0.2) is 8.42 Å². The number of alkyl halides is 1. The van der Waals surface area contributed by atoms with Crippen LogP contribution in [0.2, 0.25) is 0 Å². The van der Waals surface area contributed by atoms with Gasteiger partial charge in [0.25, 0.3) is 0 Å². The van der Waals surface area contributed by atoms with Crippen molar-refractivity contribution < 1.29 is 8.42 Å². The maximum Gasteiger partial charge on any atom is 0.178 e. The quantitative estimate of drug-likeness (QED) is 0.715. The van der Waals surface area contributed by atoms with Crippen LogP contribution in [0.5, 0.6) is 0 Å². The highest BCUT2D eigenvalue weighted by Gasteiger charge is 2.18. The van der Waals surface area contributed by atoms with Crippen molar-refractivity contribution in [1.82, 2.24) is 0 Å². The molecule has 1 aromatic carbocycles. The maximum absolute atomic E-state index is 12.1. The van der Waals surface area contributed by atoms with Gasteiger partial charge in [0.1, 0.15) is 0 Å². The molecule has 0 saturated heterocycles. The number of sulfone groups is 1. The second kappa shape index (κ2) is 7.15. The van der Waals surface area contributed by atoms with Gasteiger partial charge in [0.2, 0.25) is 0 Å². The molecule has 0 amide bonds. The van der Waals surface area contributed by atoms with Crippen LogP contribution in [0.1, 0.15) is 38.7 Å². The molecule has 1 aromatic rings. The van der Waals surface area contributed by atoms with E-state index in [2.05, 4.69) is 6.92 Å². The SMILES string of the molecule is CCCC(Cl)Cc1ccccc1S(=O)(=O)CCC. The Bertz CT molecular complexity index is 468. The van der Waals surface area contributed by atoms with Crippen molar-refractivity contribution in [2.75, 3.05) is 5.75 Å². The Balaban J connectivity index is 3.00. The molecule has 1 unspecified atom stereocenters. The van der Waals surface area contributed by atoms with E-state index in [-0.39, 0.29) is 11.1 Å². The molecule has 1 atom stereocenters. The van der Waals surface area contributed by atoms with Gasteiger partial charge in [-0.1, -0.05) is 38.5 Å². The highest BCUT2D eigenvalue weighted by atomic mass is 35.5. The molecule has 0 spiro atoms. The minimum absolute atomic E-state index is 0.00739. The number of rotatable bonds is 7. The third-order valence-electron chi connectivity index (χ3n) is 2.82. The lowest BCUT2D eigenvalue weighted by molar-refractivity contribution is 0.593. The second-order valence-corrected chi connectivity index (χ2v) is 7.21. The molecule has 0 fully saturated rings. The van der Waals surface area contributed by atoms with Crippen LogP contribution in [0.25, 0.3) is 0 Å². The molecule has 102 valence electrons. The summed E-state index contributed by atoms with van der Waals surface area (Å²) in [5.74, 6) is 0.199. The molecule has 0 aliphatic carbocycles. The molecule has 0 aliphatic rings. The van der Waals surface area contributed by atoms with Crippen molar-refractivity contribution in [3.63, 3.8) is 0 Å². The van der Waals surface area contributed by atoms with Crippen molar-refractivity contribution in [3.8, 4) is 0 Å². The molecule has 0 bridgehead atoms. The molecule has 2 nitrogen and oxygen atoms in total. The van der Waals surface area contributed by atoms with E-state index in [0.717, 1.165) is 18.4 Å². The van der Waals surface area contributed by atoms with Crippen LogP contribution in [0.4, 0.5) is 0 Å². The van der Waals surface area contributed by atoms with Crippen LogP contribution in [0.15, 0.2) is 29.2 Å². The average Bonchev–Trinajstić information content (AvgIpc) is 2.29. The highest BCUT2D eigenvalue weighted by Crippen LogP contribution is 2.22. The van der Waals surface area contributed by atoms with Gasteiger partial charge < -0.3 is 0 Å². The summed E-state index contributed by atoms with van der Waals surface area (Å²) < 4.78 is 24.3. The summed E-state index contributed by atoms with van der Waals surface area (Å²) >= 11 is 6.22. The van der Waals surface area contributed by atoms with E-state index < -0.39 is 9.84 Å². The Morgan fingerprint density at radius 3 is 2.44 bits per heavy atom. The first-order valence-corrected chi connectivity index (χ1v) is 8.54. The Morgan fingerprint density at radius 1 is 1.17 bits per heavy atom. The third kappa shape index (κ3) is 4.29. The summed E-state index contributed by atoms with van der Waals surface area (Å²) in [6, 6.07) is 7.20. The molecule has 0 aromatic heterocycles. The number of hydrogen-bond acceptors (Lipinski definition) is 2. The zero-order valence-corrected chi connectivity index (χ0v) is 12.6. The van der Waals surface area contributed by atoms with Gasteiger partial charge in [0, 0.05) is 5.38 Å². The molecule has 0 saturated carbocycles. The predicted molar refractivity (Wildman–Crippen MR) is 77.0 cm³/mol. The first-order valence-electron chi connectivity index (χ1n) is 6.46. The topological polar surface area (TPSA) is 34.1 Å². The smallest absolute Gasteiger partial charge is 0.178 e. The molecular weight excluding hydrogens is 268 g/mol. The van der Waals surface area contributed by atoms with Gasteiger partial charge in [-0.2, -0.15) is 0 Å².